The summed E-state index contributed by atoms with van der Waals surface area (Å²) in [6, 6.07) is 8.70. The molecule has 112 valence electrons. The molecule has 0 aliphatic carbocycles. The number of nitrogens with zero attached hydrogens (tertiary/aromatic N) is 2. The molecule has 0 saturated heterocycles. The van der Waals surface area contributed by atoms with Crippen LogP contribution in [0.15, 0.2) is 42.7 Å². The molecule has 0 aliphatic rings. The summed E-state index contributed by atoms with van der Waals surface area (Å²) in [7, 11) is 0. The van der Waals surface area contributed by atoms with E-state index in [0.29, 0.717) is 26.4 Å². The predicted octanol–water partition coefficient (Wildman–Crippen LogP) is 4.48. The van der Waals surface area contributed by atoms with E-state index in [1.807, 2.05) is 28.8 Å². The molecule has 1 aromatic carbocycles. The number of halogens is 3. The number of nitrogens with one attached hydrogen (secondary N) is 1. The Hall–Kier alpha value is -1.75. The molecule has 2 heterocycles. The summed E-state index contributed by atoms with van der Waals surface area (Å²) in [6.07, 6.45) is 3.80. The molecule has 0 saturated carbocycles. The van der Waals surface area contributed by atoms with Crippen LogP contribution in [0.4, 0.5) is 5.69 Å². The maximum absolute atomic E-state index is 12.1. The minimum absolute atomic E-state index is 0.122. The van der Waals surface area contributed by atoms with Crippen molar-refractivity contribution < 1.29 is 4.79 Å². The van der Waals surface area contributed by atoms with Gasteiger partial charge in [0.25, 0.3) is 0 Å². The lowest BCUT2D eigenvalue weighted by Crippen LogP contribution is -2.15. The highest BCUT2D eigenvalue weighted by molar-refractivity contribution is 6.42. The molecule has 3 rings (SSSR count). The fourth-order valence-corrected chi connectivity index (χ4v) is 2.99. The van der Waals surface area contributed by atoms with E-state index in [1.54, 1.807) is 6.20 Å². The Labute approximate surface area is 141 Å². The average Bonchev–Trinajstić information content (AvgIpc) is 2.84. The standard InChI is InChI=1S/C15H10Cl3N3O/c16-9-5-11(17)15(12(18)6-9)20-14(22)7-10-8-21-4-2-1-3-13(21)19-10/h1-6,8H,7H2,(H,20,22). The number of hydrogen-bond donors (Lipinski definition) is 1. The maximum Gasteiger partial charge on any atom is 0.230 e. The summed E-state index contributed by atoms with van der Waals surface area (Å²) < 4.78 is 1.85. The van der Waals surface area contributed by atoms with E-state index >= 15 is 0 Å². The number of aromatic nitrogens is 2. The Morgan fingerprint density at radius 2 is 1.91 bits per heavy atom. The largest absolute Gasteiger partial charge is 0.323 e. The third kappa shape index (κ3) is 3.19. The molecule has 0 atom stereocenters. The van der Waals surface area contributed by atoms with Crippen LogP contribution in [-0.2, 0) is 11.2 Å². The molecule has 4 nitrogen and oxygen atoms in total. The number of pyridine rings is 1. The summed E-state index contributed by atoms with van der Waals surface area (Å²) in [6.45, 7) is 0. The Kier molecular flexibility index (Phi) is 4.25. The van der Waals surface area contributed by atoms with Gasteiger partial charge < -0.3 is 9.72 Å². The van der Waals surface area contributed by atoms with Gasteiger partial charge in [-0.1, -0.05) is 40.9 Å². The SMILES string of the molecule is O=C(Cc1cn2ccccc2n1)Nc1c(Cl)cc(Cl)cc1Cl. The number of benzene rings is 1. The van der Waals surface area contributed by atoms with Crippen LogP contribution in [-0.4, -0.2) is 15.3 Å². The lowest BCUT2D eigenvalue weighted by Gasteiger charge is -2.09. The fourth-order valence-electron chi connectivity index (χ4n) is 2.08. The van der Waals surface area contributed by atoms with E-state index in [1.165, 1.54) is 12.1 Å². The predicted molar refractivity (Wildman–Crippen MR) is 89.0 cm³/mol. The first kappa shape index (κ1) is 15.2. The molecule has 0 radical (unpaired) electrons. The number of hydrogen-bond acceptors (Lipinski definition) is 2. The van der Waals surface area contributed by atoms with Gasteiger partial charge in [-0.2, -0.15) is 0 Å². The van der Waals surface area contributed by atoms with Crippen molar-refractivity contribution in [2.24, 2.45) is 0 Å². The highest BCUT2D eigenvalue weighted by atomic mass is 35.5. The van der Waals surface area contributed by atoms with Crippen LogP contribution in [0.3, 0.4) is 0 Å². The molecule has 3 aromatic rings. The number of carbonyl (C=O) groups is 1. The molecule has 0 fully saturated rings. The van der Waals surface area contributed by atoms with Gasteiger partial charge in [-0.3, -0.25) is 4.79 Å². The molecule has 0 bridgehead atoms. The first-order valence-electron chi connectivity index (χ1n) is 6.40. The van der Waals surface area contributed by atoms with Gasteiger partial charge in [0.15, 0.2) is 0 Å². The zero-order valence-corrected chi connectivity index (χ0v) is 13.5. The maximum atomic E-state index is 12.1. The topological polar surface area (TPSA) is 46.4 Å². The van der Waals surface area contributed by atoms with Gasteiger partial charge in [0.1, 0.15) is 5.65 Å². The normalized spacial score (nSPS) is 10.9. The van der Waals surface area contributed by atoms with Crippen LogP contribution < -0.4 is 5.32 Å². The number of rotatable bonds is 3. The van der Waals surface area contributed by atoms with Crippen molar-refractivity contribution in [3.8, 4) is 0 Å². The van der Waals surface area contributed by atoms with Crippen LogP contribution in [0.1, 0.15) is 5.69 Å². The Morgan fingerprint density at radius 3 is 2.59 bits per heavy atom. The summed E-state index contributed by atoms with van der Waals surface area (Å²) in [5.41, 5.74) is 1.79. The van der Waals surface area contributed by atoms with Crippen molar-refractivity contribution in [1.29, 1.82) is 0 Å². The van der Waals surface area contributed by atoms with E-state index < -0.39 is 0 Å². The Bertz CT molecular complexity index is 804. The quantitative estimate of drug-likeness (QED) is 0.754. The van der Waals surface area contributed by atoms with Crippen molar-refractivity contribution >= 4 is 52.0 Å². The van der Waals surface area contributed by atoms with Gasteiger partial charge in [-0.05, 0) is 24.3 Å². The molecule has 0 spiro atoms. The fraction of sp³-hybridized carbons (Fsp3) is 0.0667. The molecular formula is C15H10Cl3N3O. The summed E-state index contributed by atoms with van der Waals surface area (Å²) in [4.78, 5) is 16.5. The monoisotopic (exact) mass is 353 g/mol. The second-order valence-electron chi connectivity index (χ2n) is 4.67. The smallest absolute Gasteiger partial charge is 0.230 e. The molecule has 2 aromatic heterocycles. The van der Waals surface area contributed by atoms with Crippen molar-refractivity contribution in [3.05, 3.63) is 63.5 Å². The van der Waals surface area contributed by atoms with E-state index in [0.717, 1.165) is 5.65 Å². The molecule has 1 amide bonds. The van der Waals surface area contributed by atoms with Crippen molar-refractivity contribution in [2.45, 2.75) is 6.42 Å². The van der Waals surface area contributed by atoms with Crippen LogP contribution in [0.2, 0.25) is 15.1 Å². The van der Waals surface area contributed by atoms with Crippen LogP contribution in [0.5, 0.6) is 0 Å². The third-order valence-corrected chi connectivity index (χ3v) is 3.84. The van der Waals surface area contributed by atoms with Gasteiger partial charge in [-0.15, -0.1) is 0 Å². The number of fused-ring (bicyclic) bond motifs is 1. The zero-order chi connectivity index (χ0) is 15.7. The van der Waals surface area contributed by atoms with E-state index in [9.17, 15) is 4.79 Å². The van der Waals surface area contributed by atoms with Gasteiger partial charge in [0, 0.05) is 17.4 Å². The number of imidazole rings is 1. The number of amides is 1. The van der Waals surface area contributed by atoms with Crippen molar-refractivity contribution in [2.75, 3.05) is 5.32 Å². The second kappa shape index (κ2) is 6.16. The van der Waals surface area contributed by atoms with E-state index in [-0.39, 0.29) is 12.3 Å². The zero-order valence-electron chi connectivity index (χ0n) is 11.2. The highest BCUT2D eigenvalue weighted by Crippen LogP contribution is 2.33. The van der Waals surface area contributed by atoms with Crippen LogP contribution >= 0.6 is 34.8 Å². The van der Waals surface area contributed by atoms with Crippen LogP contribution in [0.25, 0.3) is 5.65 Å². The summed E-state index contributed by atoms with van der Waals surface area (Å²) >= 11 is 17.9. The third-order valence-electron chi connectivity index (χ3n) is 3.03. The Balaban J connectivity index is 1.78. The Morgan fingerprint density at radius 1 is 1.18 bits per heavy atom. The molecule has 0 unspecified atom stereocenters. The second-order valence-corrected chi connectivity index (χ2v) is 5.92. The number of carbonyl (C=O) groups excluding carboxylic acids is 1. The highest BCUT2D eigenvalue weighted by Gasteiger charge is 2.13. The minimum Gasteiger partial charge on any atom is -0.323 e. The first-order chi connectivity index (χ1) is 10.5. The molecule has 1 N–H and O–H groups in total. The molecular weight excluding hydrogens is 345 g/mol. The van der Waals surface area contributed by atoms with Gasteiger partial charge in [0.05, 0.1) is 27.8 Å². The van der Waals surface area contributed by atoms with E-state index in [2.05, 4.69) is 10.3 Å². The molecule has 7 heteroatoms. The average molecular weight is 355 g/mol. The van der Waals surface area contributed by atoms with Gasteiger partial charge >= 0.3 is 0 Å². The first-order valence-corrected chi connectivity index (χ1v) is 7.53. The van der Waals surface area contributed by atoms with Gasteiger partial charge in [-0.25, -0.2) is 4.98 Å². The van der Waals surface area contributed by atoms with Gasteiger partial charge in [0.2, 0.25) is 5.91 Å². The lowest BCUT2D eigenvalue weighted by molar-refractivity contribution is -0.115. The van der Waals surface area contributed by atoms with E-state index in [4.69, 9.17) is 34.8 Å². The lowest BCUT2D eigenvalue weighted by atomic mass is 10.2. The summed E-state index contributed by atoms with van der Waals surface area (Å²) in [5.74, 6) is -0.255. The van der Waals surface area contributed by atoms with Crippen molar-refractivity contribution in [3.63, 3.8) is 0 Å². The van der Waals surface area contributed by atoms with Crippen LogP contribution in [0, 0.1) is 0 Å². The van der Waals surface area contributed by atoms with Crippen molar-refractivity contribution in [1.82, 2.24) is 9.38 Å². The molecule has 22 heavy (non-hydrogen) atoms. The number of anilines is 1. The summed E-state index contributed by atoms with van der Waals surface area (Å²) in [5, 5.41) is 3.68. The minimum atomic E-state index is -0.255. The molecule has 0 aliphatic heterocycles.